The fourth-order valence-electron chi connectivity index (χ4n) is 2.86. The molecule has 1 aliphatic rings. The number of hydrogen-bond donors (Lipinski definition) is 1. The molecule has 0 saturated heterocycles. The fraction of sp³-hybridized carbons (Fsp3) is 0.524. The van der Waals surface area contributed by atoms with Crippen molar-refractivity contribution in [3.63, 3.8) is 0 Å². The van der Waals surface area contributed by atoms with Crippen molar-refractivity contribution in [1.82, 2.24) is 0 Å². The highest BCUT2D eigenvalue weighted by Gasteiger charge is 2.36. The number of carbonyl (C=O) groups excluding carboxylic acids is 2. The van der Waals surface area contributed by atoms with E-state index in [9.17, 15) is 14.7 Å². The van der Waals surface area contributed by atoms with Crippen LogP contribution in [0.1, 0.15) is 46.5 Å². The Bertz CT molecular complexity index is 633. The van der Waals surface area contributed by atoms with Crippen LogP contribution >= 0.6 is 0 Å². The summed E-state index contributed by atoms with van der Waals surface area (Å²) in [5.41, 5.74) is 3.25. The van der Waals surface area contributed by atoms with Gasteiger partial charge in [-0.15, -0.1) is 0 Å². The normalized spacial score (nSPS) is 20.0. The zero-order valence-electron chi connectivity index (χ0n) is 16.4. The van der Waals surface area contributed by atoms with Crippen molar-refractivity contribution < 1.29 is 24.2 Å². The van der Waals surface area contributed by atoms with E-state index in [-0.39, 0.29) is 5.76 Å². The van der Waals surface area contributed by atoms with Crippen LogP contribution in [0.3, 0.4) is 0 Å². The number of esters is 2. The van der Waals surface area contributed by atoms with Crippen LogP contribution in [0.4, 0.5) is 0 Å². The maximum Gasteiger partial charge on any atom is 0.313 e. The molecule has 2 atom stereocenters. The highest BCUT2D eigenvalue weighted by Crippen LogP contribution is 2.31. The van der Waals surface area contributed by atoms with Gasteiger partial charge in [-0.1, -0.05) is 29.4 Å². The maximum absolute atomic E-state index is 12.0. The van der Waals surface area contributed by atoms with E-state index in [0.717, 1.165) is 19.3 Å². The van der Waals surface area contributed by atoms with Crippen LogP contribution in [0, 0.1) is 11.8 Å². The minimum Gasteiger partial charge on any atom is -0.508 e. The number of rotatable bonds is 8. The summed E-state index contributed by atoms with van der Waals surface area (Å²) < 4.78 is 9.50. The lowest BCUT2D eigenvalue weighted by atomic mass is 9.83. The molecule has 0 heterocycles. The lowest BCUT2D eigenvalue weighted by Gasteiger charge is -2.24. The molecule has 0 saturated carbocycles. The van der Waals surface area contributed by atoms with Crippen molar-refractivity contribution >= 4 is 11.9 Å². The molecule has 5 heteroatoms. The molecule has 0 spiro atoms. The topological polar surface area (TPSA) is 72.8 Å². The summed E-state index contributed by atoms with van der Waals surface area (Å²) in [4.78, 5) is 23.9. The summed E-state index contributed by atoms with van der Waals surface area (Å²) in [5.74, 6) is -2.71. The Morgan fingerprint density at radius 1 is 1.00 bits per heavy atom. The number of aliphatic hydroxyl groups excluding tert-OH is 1. The van der Waals surface area contributed by atoms with E-state index in [1.165, 1.54) is 31.4 Å². The molecule has 26 heavy (non-hydrogen) atoms. The minimum absolute atomic E-state index is 0.0242. The molecule has 0 radical (unpaired) electrons. The third-order valence-corrected chi connectivity index (χ3v) is 4.38. The minimum atomic E-state index is -0.863. The van der Waals surface area contributed by atoms with Crippen molar-refractivity contribution in [1.29, 1.82) is 0 Å². The molecule has 0 amide bonds. The highest BCUT2D eigenvalue weighted by atomic mass is 16.5. The summed E-state index contributed by atoms with van der Waals surface area (Å²) in [7, 11) is 2.53. The first kappa shape index (κ1) is 21.7. The van der Waals surface area contributed by atoms with Crippen LogP contribution in [0.5, 0.6) is 0 Å². The largest absolute Gasteiger partial charge is 0.508 e. The Kier molecular flexibility index (Phi) is 8.90. The van der Waals surface area contributed by atoms with Gasteiger partial charge < -0.3 is 14.6 Å². The molecule has 1 N–H and O–H groups in total. The van der Waals surface area contributed by atoms with Crippen molar-refractivity contribution in [3.8, 4) is 0 Å². The van der Waals surface area contributed by atoms with Crippen LogP contribution in [0.15, 0.2) is 46.8 Å². The molecule has 1 aliphatic carbocycles. The van der Waals surface area contributed by atoms with Gasteiger partial charge in [0, 0.05) is 0 Å². The fourth-order valence-corrected chi connectivity index (χ4v) is 2.86. The Balaban J connectivity index is 2.78. The molecule has 0 aromatic heterocycles. The quantitative estimate of drug-likeness (QED) is 0.511. The Morgan fingerprint density at radius 2 is 1.58 bits per heavy atom. The second kappa shape index (κ2) is 10.6. The Labute approximate surface area is 156 Å². The van der Waals surface area contributed by atoms with Crippen molar-refractivity contribution in [3.05, 3.63) is 46.8 Å². The summed E-state index contributed by atoms with van der Waals surface area (Å²) >= 11 is 0. The molecule has 0 fully saturated rings. The van der Waals surface area contributed by atoms with Crippen molar-refractivity contribution in [2.75, 3.05) is 14.2 Å². The van der Waals surface area contributed by atoms with Gasteiger partial charge in [0.05, 0.1) is 26.1 Å². The SMILES string of the molecule is COC(=O)C1C=C(O)C(CC/C=C(/C)CCC=C(C)C)=CC1C(=O)OC. The lowest BCUT2D eigenvalue weighted by molar-refractivity contribution is -0.153. The second-order valence-corrected chi connectivity index (χ2v) is 6.75. The number of methoxy groups -OCH3 is 2. The third-order valence-electron chi connectivity index (χ3n) is 4.38. The van der Waals surface area contributed by atoms with Gasteiger partial charge >= 0.3 is 11.9 Å². The first-order valence-electron chi connectivity index (χ1n) is 8.86. The van der Waals surface area contributed by atoms with Crippen LogP contribution in [-0.4, -0.2) is 31.3 Å². The maximum atomic E-state index is 12.0. The van der Waals surface area contributed by atoms with Crippen LogP contribution in [-0.2, 0) is 19.1 Å². The molecule has 0 aliphatic heterocycles. The molecule has 2 unspecified atom stereocenters. The number of ether oxygens (including phenoxy) is 2. The Morgan fingerprint density at radius 3 is 2.12 bits per heavy atom. The van der Waals surface area contributed by atoms with Gasteiger partial charge in [-0.05, 0) is 58.1 Å². The van der Waals surface area contributed by atoms with Crippen LogP contribution in [0.25, 0.3) is 0 Å². The molecule has 1 rings (SSSR count). The van der Waals surface area contributed by atoms with E-state index in [1.807, 2.05) is 0 Å². The first-order valence-corrected chi connectivity index (χ1v) is 8.86. The number of aliphatic hydroxyl groups is 1. The second-order valence-electron chi connectivity index (χ2n) is 6.75. The van der Waals surface area contributed by atoms with Gasteiger partial charge in [0.15, 0.2) is 0 Å². The van der Waals surface area contributed by atoms with E-state index >= 15 is 0 Å². The number of hydrogen-bond acceptors (Lipinski definition) is 5. The Hall–Kier alpha value is -2.30. The summed E-state index contributed by atoms with van der Waals surface area (Å²) in [6.45, 7) is 6.26. The molecular weight excluding hydrogens is 332 g/mol. The van der Waals surface area contributed by atoms with E-state index in [1.54, 1.807) is 6.08 Å². The molecule has 0 aromatic carbocycles. The zero-order valence-corrected chi connectivity index (χ0v) is 16.4. The number of carbonyl (C=O) groups is 2. The first-order chi connectivity index (χ1) is 12.3. The van der Waals surface area contributed by atoms with Gasteiger partial charge in [0.2, 0.25) is 0 Å². The predicted molar refractivity (Wildman–Crippen MR) is 101 cm³/mol. The van der Waals surface area contributed by atoms with Crippen LogP contribution < -0.4 is 0 Å². The van der Waals surface area contributed by atoms with Gasteiger partial charge in [0.1, 0.15) is 5.76 Å². The monoisotopic (exact) mass is 362 g/mol. The third kappa shape index (κ3) is 6.54. The van der Waals surface area contributed by atoms with E-state index in [4.69, 9.17) is 9.47 Å². The molecular formula is C21H30O5. The van der Waals surface area contributed by atoms with E-state index in [2.05, 4.69) is 32.9 Å². The molecule has 144 valence electrons. The number of allylic oxidation sites excluding steroid dienone is 5. The van der Waals surface area contributed by atoms with Gasteiger partial charge in [0.25, 0.3) is 0 Å². The molecule has 0 bridgehead atoms. The predicted octanol–water partition coefficient (Wildman–Crippen LogP) is 4.42. The summed E-state index contributed by atoms with van der Waals surface area (Å²) in [6, 6.07) is 0. The average molecular weight is 362 g/mol. The van der Waals surface area contributed by atoms with Crippen molar-refractivity contribution in [2.45, 2.75) is 46.5 Å². The van der Waals surface area contributed by atoms with Gasteiger partial charge in [-0.2, -0.15) is 0 Å². The smallest absolute Gasteiger partial charge is 0.313 e. The molecule has 0 aromatic rings. The average Bonchev–Trinajstić information content (AvgIpc) is 2.61. The molecule has 5 nitrogen and oxygen atoms in total. The summed E-state index contributed by atoms with van der Waals surface area (Å²) in [6.07, 6.45) is 10.7. The van der Waals surface area contributed by atoms with E-state index < -0.39 is 23.8 Å². The zero-order chi connectivity index (χ0) is 19.7. The van der Waals surface area contributed by atoms with E-state index in [0.29, 0.717) is 12.0 Å². The van der Waals surface area contributed by atoms with Gasteiger partial charge in [-0.25, -0.2) is 0 Å². The van der Waals surface area contributed by atoms with Crippen LogP contribution in [0.2, 0.25) is 0 Å². The van der Waals surface area contributed by atoms with Gasteiger partial charge in [-0.3, -0.25) is 9.59 Å². The highest BCUT2D eigenvalue weighted by molar-refractivity contribution is 5.86. The van der Waals surface area contributed by atoms with Crippen molar-refractivity contribution in [2.24, 2.45) is 11.8 Å². The summed E-state index contributed by atoms with van der Waals surface area (Å²) in [5, 5.41) is 10.2. The lowest BCUT2D eigenvalue weighted by Crippen LogP contribution is -2.31. The standard InChI is InChI=1S/C21H30O5/c1-14(2)8-6-9-15(3)10-7-11-16-12-17(20(23)25-4)18(13-19(16)22)21(24)26-5/h8,10,12-13,17-18,22H,6-7,9,11H2,1-5H3/b15-10-.